The van der Waals surface area contributed by atoms with Crippen molar-refractivity contribution in [2.45, 2.75) is 0 Å². The van der Waals surface area contributed by atoms with Gasteiger partial charge in [-0.3, -0.25) is 0 Å². The van der Waals surface area contributed by atoms with Crippen LogP contribution in [0.15, 0.2) is 0 Å². The van der Waals surface area contributed by atoms with E-state index in [1.807, 2.05) is 0 Å². The predicted octanol–water partition coefficient (Wildman–Crippen LogP) is -9.51. The Labute approximate surface area is 77.5 Å². The number of halogens is 2. The summed E-state index contributed by atoms with van der Waals surface area (Å²) in [6.45, 7) is 0. The molecule has 8 nitrogen and oxygen atoms in total. The molecule has 0 rings (SSSR count). The Morgan fingerprint density at radius 2 is 0.455 bits per heavy atom. The summed E-state index contributed by atoms with van der Waals surface area (Å²) < 4.78 is 67.9. The number of hydrogen-bond donors (Lipinski definition) is 0. The van der Waals surface area contributed by atoms with Crippen LogP contribution in [0.1, 0.15) is 0 Å². The topological polar surface area (TPSA) is 184 Å². The molecule has 0 saturated heterocycles. The maximum atomic E-state index is 8.49. The smallest absolute Gasteiger partial charge is 0.222 e. The quantitative estimate of drug-likeness (QED) is 0.386. The van der Waals surface area contributed by atoms with E-state index in [-0.39, 0.29) is 19.5 Å². The molecular weight excluding hydrogens is 264 g/mol. The zero-order valence-electron chi connectivity index (χ0n) is 4.73. The van der Waals surface area contributed by atoms with E-state index in [2.05, 4.69) is 0 Å². The average molecular weight is 264 g/mol. The molecule has 0 aromatic heterocycles. The molecular formula is Cl2O8Zn. The van der Waals surface area contributed by atoms with Crippen LogP contribution in [0.3, 0.4) is 0 Å². The first-order chi connectivity index (χ1) is 4.00. The van der Waals surface area contributed by atoms with Gasteiger partial charge < -0.3 is 0 Å². The van der Waals surface area contributed by atoms with Gasteiger partial charge in [0.25, 0.3) is 0 Å². The van der Waals surface area contributed by atoms with Crippen molar-refractivity contribution in [1.82, 2.24) is 0 Å². The monoisotopic (exact) mass is 262 g/mol. The van der Waals surface area contributed by atoms with E-state index in [0.717, 1.165) is 0 Å². The van der Waals surface area contributed by atoms with Crippen molar-refractivity contribution in [3.8, 4) is 0 Å². The minimum Gasteiger partial charge on any atom is -0.222 e. The minimum atomic E-state index is -4.94. The maximum Gasteiger partial charge on any atom is 2.00 e. The molecule has 0 fully saturated rings. The van der Waals surface area contributed by atoms with Crippen LogP contribution in [0.4, 0.5) is 0 Å². The first-order valence-corrected chi connectivity index (χ1v) is 3.70. The van der Waals surface area contributed by atoms with Gasteiger partial charge in [0.2, 0.25) is 0 Å². The van der Waals surface area contributed by atoms with Gasteiger partial charge in [0.05, 0.1) is 0 Å². The molecule has 0 saturated carbocycles. The zero-order valence-corrected chi connectivity index (χ0v) is 9.21. The van der Waals surface area contributed by atoms with Gasteiger partial charge in [-0.15, -0.1) is 20.5 Å². The summed E-state index contributed by atoms with van der Waals surface area (Å²) >= 11 is 0. The third-order valence-electron chi connectivity index (χ3n) is 0. The average Bonchev–Trinajstić information content (AvgIpc) is 1.12. The molecule has 0 bridgehead atoms. The Hall–Kier alpha value is 0.883. The van der Waals surface area contributed by atoms with Gasteiger partial charge in [0, 0.05) is 0 Å². The maximum absolute atomic E-state index is 8.49. The second-order valence-corrected chi connectivity index (χ2v) is 2.27. The molecule has 0 atom stereocenters. The molecule has 11 heavy (non-hydrogen) atoms. The normalized spacial score (nSPS) is 10.9. The summed E-state index contributed by atoms with van der Waals surface area (Å²) in [7, 11) is -9.89. The van der Waals surface area contributed by atoms with Crippen LogP contribution in [-0.4, -0.2) is 0 Å². The van der Waals surface area contributed by atoms with Crippen molar-refractivity contribution in [2.24, 2.45) is 0 Å². The fourth-order valence-corrected chi connectivity index (χ4v) is 0. The molecule has 0 spiro atoms. The van der Waals surface area contributed by atoms with Gasteiger partial charge >= 0.3 is 19.5 Å². The predicted molar refractivity (Wildman–Crippen MR) is 0 cm³/mol. The van der Waals surface area contributed by atoms with Gasteiger partial charge in [0.1, 0.15) is 0 Å². The van der Waals surface area contributed by atoms with E-state index in [0.29, 0.717) is 0 Å². The molecule has 0 aliphatic carbocycles. The molecule has 0 aromatic rings. The Kier molecular flexibility index (Phi) is 10.4. The first kappa shape index (κ1) is 17.8. The van der Waals surface area contributed by atoms with Crippen molar-refractivity contribution in [1.29, 1.82) is 0 Å². The Bertz CT molecular complexity index is 55.1. The molecule has 0 unspecified atom stereocenters. The molecule has 0 aromatic carbocycles. The standard InChI is InChI=1S/2ClHO4.Zn/c2*2-1(3,4)5;/h2*(H,2,3,4,5);/q;;+2/p-2. The molecule has 64 valence electrons. The fourth-order valence-electron chi connectivity index (χ4n) is 0. The van der Waals surface area contributed by atoms with Crippen LogP contribution in [0.5, 0.6) is 0 Å². The molecule has 11 heteroatoms. The summed E-state index contributed by atoms with van der Waals surface area (Å²) in [6, 6.07) is 0. The van der Waals surface area contributed by atoms with Gasteiger partial charge in [-0.2, -0.15) is 0 Å². The zero-order chi connectivity index (χ0) is 9.00. The Balaban J connectivity index is -0.000000107. The van der Waals surface area contributed by atoms with Crippen LogP contribution < -0.4 is 37.3 Å². The minimum absolute atomic E-state index is 0. The fraction of sp³-hybridized carbons (Fsp3) is 0. The SMILES string of the molecule is [O-][Cl+3]([O-])([O-])[O-].[O-][Cl+3]([O-])([O-])[O-].[Zn+2]. The van der Waals surface area contributed by atoms with Crippen molar-refractivity contribution < 1.29 is 77.2 Å². The van der Waals surface area contributed by atoms with E-state index in [1.165, 1.54) is 0 Å². The van der Waals surface area contributed by atoms with Gasteiger partial charge in [0.15, 0.2) is 0 Å². The largest absolute Gasteiger partial charge is 2.00 e. The van der Waals surface area contributed by atoms with Crippen LogP contribution in [0.25, 0.3) is 0 Å². The second-order valence-electron chi connectivity index (χ2n) is 0.756. The van der Waals surface area contributed by atoms with Crippen molar-refractivity contribution in [2.75, 3.05) is 0 Å². The van der Waals surface area contributed by atoms with Crippen molar-refractivity contribution >= 4 is 0 Å². The van der Waals surface area contributed by atoms with Crippen molar-refractivity contribution in [3.05, 3.63) is 0 Å². The summed E-state index contributed by atoms with van der Waals surface area (Å²) in [6.07, 6.45) is 0. The van der Waals surface area contributed by atoms with Crippen LogP contribution >= 0.6 is 0 Å². The van der Waals surface area contributed by atoms with Gasteiger partial charge in [-0.1, -0.05) is 0 Å². The van der Waals surface area contributed by atoms with Crippen molar-refractivity contribution in [3.63, 3.8) is 0 Å². The number of rotatable bonds is 0. The Morgan fingerprint density at radius 1 is 0.455 bits per heavy atom. The van der Waals surface area contributed by atoms with Crippen LogP contribution in [0.2, 0.25) is 0 Å². The van der Waals surface area contributed by atoms with E-state index in [4.69, 9.17) is 37.3 Å². The summed E-state index contributed by atoms with van der Waals surface area (Å²) in [4.78, 5) is 0. The van der Waals surface area contributed by atoms with E-state index in [9.17, 15) is 0 Å². The first-order valence-electron chi connectivity index (χ1n) is 1.23. The van der Waals surface area contributed by atoms with Crippen LogP contribution in [0, 0.1) is 20.5 Å². The van der Waals surface area contributed by atoms with E-state index >= 15 is 0 Å². The molecule has 0 heterocycles. The molecule has 0 N–H and O–H groups in total. The van der Waals surface area contributed by atoms with E-state index in [1.54, 1.807) is 0 Å². The Morgan fingerprint density at radius 3 is 0.455 bits per heavy atom. The molecule has 0 aliphatic heterocycles. The molecule has 0 amide bonds. The number of hydrogen-bond acceptors (Lipinski definition) is 8. The summed E-state index contributed by atoms with van der Waals surface area (Å²) in [5.74, 6) is 0. The molecule has 0 radical (unpaired) electrons. The second kappa shape index (κ2) is 6.40. The third kappa shape index (κ3) is 1100. The van der Waals surface area contributed by atoms with Gasteiger partial charge in [-0.25, -0.2) is 37.3 Å². The summed E-state index contributed by atoms with van der Waals surface area (Å²) in [5, 5.41) is 0. The third-order valence-corrected chi connectivity index (χ3v) is 0. The van der Waals surface area contributed by atoms with E-state index < -0.39 is 20.5 Å². The summed E-state index contributed by atoms with van der Waals surface area (Å²) in [5.41, 5.74) is 0. The van der Waals surface area contributed by atoms with Gasteiger partial charge in [-0.05, 0) is 0 Å². The van der Waals surface area contributed by atoms with Crippen LogP contribution in [-0.2, 0) is 19.5 Å². The molecule has 0 aliphatic rings.